The molecule has 2 N–H and O–H groups in total. The Morgan fingerprint density at radius 3 is 2.81 bits per heavy atom. The summed E-state index contributed by atoms with van der Waals surface area (Å²) in [6, 6.07) is 2.64. The van der Waals surface area contributed by atoms with Gasteiger partial charge in [0.25, 0.3) is 5.91 Å². The van der Waals surface area contributed by atoms with Crippen LogP contribution in [0.5, 0.6) is 5.75 Å². The number of aromatic nitrogens is 3. The minimum absolute atomic E-state index is 0.0458. The largest absolute Gasteiger partial charge is 0.495 e. The number of H-pyrrole nitrogens is 1. The maximum Gasteiger partial charge on any atom is 0.257 e. The molecule has 31 heavy (non-hydrogen) atoms. The van der Waals surface area contributed by atoms with Crippen molar-refractivity contribution in [3.05, 3.63) is 40.4 Å². The van der Waals surface area contributed by atoms with E-state index in [9.17, 15) is 9.18 Å². The van der Waals surface area contributed by atoms with E-state index in [0.29, 0.717) is 60.3 Å². The van der Waals surface area contributed by atoms with Gasteiger partial charge in [-0.3, -0.25) is 4.79 Å². The Hall–Kier alpha value is -2.91. The molecule has 2 aliphatic rings. The average molecular weight is 446 g/mol. The van der Waals surface area contributed by atoms with Gasteiger partial charge in [-0.05, 0) is 18.9 Å². The van der Waals surface area contributed by atoms with E-state index in [-0.39, 0.29) is 11.5 Å². The lowest BCUT2D eigenvalue weighted by Crippen LogP contribution is -2.41. The molecule has 1 amide bonds. The Bertz CT molecular complexity index is 1160. The third kappa shape index (κ3) is 3.79. The second-order valence-corrected chi connectivity index (χ2v) is 8.04. The van der Waals surface area contributed by atoms with Crippen molar-refractivity contribution in [3.8, 4) is 5.75 Å². The Balaban J connectivity index is 1.48. The normalized spacial score (nSPS) is 16.5. The van der Waals surface area contributed by atoms with Crippen LogP contribution in [0.25, 0.3) is 11.0 Å². The van der Waals surface area contributed by atoms with Crippen molar-refractivity contribution >= 4 is 40.2 Å². The monoisotopic (exact) mass is 445 g/mol. The number of rotatable bonds is 5. The molecule has 0 bridgehead atoms. The standard InChI is InChI=1S/C21H21ClFN5O3/c1-30-16-8-12(20(29)28-4-6-31-7-5-28)14(23)9-15(16)25-21-26-18(11-2-3-11)17-13(22)10-24-19(17)27-21/h8-11H,2-7H2,1H3,(H2,24,25,26,27). The molecule has 1 aliphatic carbocycles. The highest BCUT2D eigenvalue weighted by molar-refractivity contribution is 6.35. The van der Waals surface area contributed by atoms with E-state index in [2.05, 4.69) is 20.3 Å². The SMILES string of the molecule is COc1cc(C(=O)N2CCOCC2)c(F)cc1Nc1nc(C2CC2)c2c(Cl)c[nH]c2n1. The summed E-state index contributed by atoms with van der Waals surface area (Å²) >= 11 is 6.30. The summed E-state index contributed by atoms with van der Waals surface area (Å²) in [7, 11) is 1.46. The summed E-state index contributed by atoms with van der Waals surface area (Å²) in [5.41, 5.74) is 1.77. The fourth-order valence-corrected chi connectivity index (χ4v) is 4.01. The van der Waals surface area contributed by atoms with Crippen LogP contribution in [0.1, 0.15) is 34.8 Å². The molecule has 1 saturated heterocycles. The van der Waals surface area contributed by atoms with Crippen molar-refractivity contribution in [1.29, 1.82) is 0 Å². The number of morpholine rings is 1. The summed E-state index contributed by atoms with van der Waals surface area (Å²) in [6.07, 6.45) is 3.77. The highest BCUT2D eigenvalue weighted by Gasteiger charge is 2.30. The Labute approximate surface area is 182 Å². The number of carbonyl (C=O) groups excluding carboxylic acids is 1. The number of nitrogens with zero attached hydrogens (tertiary/aromatic N) is 3. The van der Waals surface area contributed by atoms with Crippen LogP contribution in [0.4, 0.5) is 16.0 Å². The second-order valence-electron chi connectivity index (χ2n) is 7.63. The molecule has 1 aromatic carbocycles. The van der Waals surface area contributed by atoms with Crippen LogP contribution in [-0.4, -0.2) is 59.2 Å². The molecule has 5 rings (SSSR count). The maximum atomic E-state index is 14.9. The molecule has 2 fully saturated rings. The molecule has 3 aromatic rings. The van der Waals surface area contributed by atoms with E-state index in [4.69, 9.17) is 21.1 Å². The van der Waals surface area contributed by atoms with Gasteiger partial charge in [-0.1, -0.05) is 11.6 Å². The summed E-state index contributed by atoms with van der Waals surface area (Å²) in [5, 5.41) is 4.44. The number of hydrogen-bond donors (Lipinski definition) is 2. The minimum Gasteiger partial charge on any atom is -0.495 e. The van der Waals surface area contributed by atoms with E-state index in [1.807, 2.05) is 0 Å². The van der Waals surface area contributed by atoms with Crippen LogP contribution < -0.4 is 10.1 Å². The number of benzene rings is 1. The van der Waals surface area contributed by atoms with E-state index in [1.54, 1.807) is 11.1 Å². The highest BCUT2D eigenvalue weighted by atomic mass is 35.5. The number of methoxy groups -OCH3 is 1. The summed E-state index contributed by atoms with van der Waals surface area (Å²) in [6.45, 7) is 1.74. The lowest BCUT2D eigenvalue weighted by Gasteiger charge is -2.27. The van der Waals surface area contributed by atoms with Gasteiger partial charge >= 0.3 is 0 Å². The predicted octanol–water partition coefficient (Wildman–Crippen LogP) is 3.85. The van der Waals surface area contributed by atoms with Crippen molar-refractivity contribution in [2.45, 2.75) is 18.8 Å². The summed E-state index contributed by atoms with van der Waals surface area (Å²) < 4.78 is 25.6. The first-order chi connectivity index (χ1) is 15.0. The average Bonchev–Trinajstić information content (AvgIpc) is 3.57. The van der Waals surface area contributed by atoms with Crippen LogP contribution in [0, 0.1) is 5.82 Å². The number of halogens is 2. The van der Waals surface area contributed by atoms with Gasteiger partial charge in [0.1, 0.15) is 17.2 Å². The molecule has 0 spiro atoms. The third-order valence-corrected chi connectivity index (χ3v) is 5.84. The number of anilines is 2. The first-order valence-corrected chi connectivity index (χ1v) is 10.5. The molecule has 3 heterocycles. The van der Waals surface area contributed by atoms with Crippen LogP contribution >= 0.6 is 11.6 Å². The number of nitrogens with one attached hydrogen (secondary N) is 2. The quantitative estimate of drug-likeness (QED) is 0.619. The van der Waals surface area contributed by atoms with Crippen LogP contribution in [0.3, 0.4) is 0 Å². The first kappa shape index (κ1) is 20.0. The molecule has 0 unspecified atom stereocenters. The van der Waals surface area contributed by atoms with Gasteiger partial charge in [-0.25, -0.2) is 9.37 Å². The maximum absolute atomic E-state index is 14.9. The topological polar surface area (TPSA) is 92.4 Å². The molecular formula is C21H21ClFN5O3. The van der Waals surface area contributed by atoms with E-state index in [1.165, 1.54) is 19.2 Å². The molecular weight excluding hydrogens is 425 g/mol. The van der Waals surface area contributed by atoms with Crippen molar-refractivity contribution < 1.29 is 18.7 Å². The third-order valence-electron chi connectivity index (χ3n) is 5.54. The molecule has 0 radical (unpaired) electrons. The van der Waals surface area contributed by atoms with Crippen molar-refractivity contribution in [3.63, 3.8) is 0 Å². The minimum atomic E-state index is -0.647. The number of ether oxygens (including phenoxy) is 2. The zero-order valence-electron chi connectivity index (χ0n) is 16.9. The number of fused-ring (bicyclic) bond motifs is 1. The van der Waals surface area contributed by atoms with Crippen LogP contribution in [0.15, 0.2) is 18.3 Å². The molecule has 1 aliphatic heterocycles. The van der Waals surface area contributed by atoms with E-state index >= 15 is 0 Å². The van der Waals surface area contributed by atoms with Gasteiger partial charge in [0, 0.05) is 31.3 Å². The molecule has 0 atom stereocenters. The van der Waals surface area contributed by atoms with Gasteiger partial charge in [-0.2, -0.15) is 4.98 Å². The van der Waals surface area contributed by atoms with Gasteiger partial charge < -0.3 is 24.7 Å². The van der Waals surface area contributed by atoms with E-state index in [0.717, 1.165) is 23.9 Å². The van der Waals surface area contributed by atoms with E-state index < -0.39 is 5.82 Å². The summed E-state index contributed by atoms with van der Waals surface area (Å²) in [4.78, 5) is 26.5. The number of aromatic amines is 1. The number of hydrogen-bond acceptors (Lipinski definition) is 6. The fraction of sp³-hybridized carbons (Fsp3) is 0.381. The van der Waals surface area contributed by atoms with Gasteiger partial charge in [0.05, 0.1) is 47.7 Å². The lowest BCUT2D eigenvalue weighted by atomic mass is 10.1. The van der Waals surface area contributed by atoms with Gasteiger partial charge in [-0.15, -0.1) is 0 Å². The smallest absolute Gasteiger partial charge is 0.257 e. The van der Waals surface area contributed by atoms with Gasteiger partial charge in [0.15, 0.2) is 0 Å². The van der Waals surface area contributed by atoms with Crippen LogP contribution in [-0.2, 0) is 4.74 Å². The number of carbonyl (C=O) groups is 1. The van der Waals surface area contributed by atoms with Crippen LogP contribution in [0.2, 0.25) is 5.02 Å². The summed E-state index contributed by atoms with van der Waals surface area (Å²) in [5.74, 6) is -0.0739. The molecule has 162 valence electrons. The Morgan fingerprint density at radius 1 is 1.32 bits per heavy atom. The Kier molecular flexibility index (Phi) is 5.15. The van der Waals surface area contributed by atoms with Crippen molar-refractivity contribution in [1.82, 2.24) is 19.9 Å². The van der Waals surface area contributed by atoms with Crippen molar-refractivity contribution in [2.24, 2.45) is 0 Å². The zero-order chi connectivity index (χ0) is 21.5. The first-order valence-electron chi connectivity index (χ1n) is 10.1. The number of amides is 1. The lowest BCUT2D eigenvalue weighted by molar-refractivity contribution is 0.0299. The Morgan fingerprint density at radius 2 is 2.10 bits per heavy atom. The van der Waals surface area contributed by atoms with Gasteiger partial charge in [0.2, 0.25) is 5.95 Å². The fourth-order valence-electron chi connectivity index (χ4n) is 3.77. The molecule has 10 heteroatoms. The molecule has 8 nitrogen and oxygen atoms in total. The van der Waals surface area contributed by atoms with Crippen molar-refractivity contribution in [2.75, 3.05) is 38.7 Å². The second kappa shape index (κ2) is 7.97. The zero-order valence-corrected chi connectivity index (χ0v) is 17.6. The molecule has 2 aromatic heterocycles. The highest BCUT2D eigenvalue weighted by Crippen LogP contribution is 2.44. The predicted molar refractivity (Wildman–Crippen MR) is 114 cm³/mol. The molecule has 1 saturated carbocycles.